The smallest absolute Gasteiger partial charge is 0.310 e. The minimum Gasteiger partial charge on any atom is -0.469 e. The van der Waals surface area contributed by atoms with Crippen molar-refractivity contribution in [2.75, 3.05) is 32.1 Å². The molecule has 0 bridgehead atoms. The molecule has 1 aromatic carbocycles. The van der Waals surface area contributed by atoms with Crippen molar-refractivity contribution in [2.45, 2.75) is 26.2 Å². The molecule has 0 unspecified atom stereocenters. The molecule has 1 saturated heterocycles. The maximum Gasteiger partial charge on any atom is 0.310 e. The lowest BCUT2D eigenvalue weighted by atomic mass is 9.97. The van der Waals surface area contributed by atoms with Crippen molar-refractivity contribution >= 4 is 29.4 Å². The van der Waals surface area contributed by atoms with Crippen LogP contribution in [0.25, 0.3) is 0 Å². The third-order valence-corrected chi connectivity index (χ3v) is 4.36. The first-order valence-corrected chi connectivity index (χ1v) is 8.76. The number of carbonyl (C=O) groups excluding carboxylic acids is 4. The summed E-state index contributed by atoms with van der Waals surface area (Å²) in [6.07, 6.45) is 1.14. The number of hydrogen-bond donors (Lipinski definition) is 1. The summed E-state index contributed by atoms with van der Waals surface area (Å²) in [5.74, 6) is -1.37. The minimum atomic E-state index is -0.500. The van der Waals surface area contributed by atoms with Gasteiger partial charge in [0, 0.05) is 25.7 Å². The van der Waals surface area contributed by atoms with E-state index >= 15 is 0 Å². The van der Waals surface area contributed by atoms with Gasteiger partial charge in [0.25, 0.3) is 5.91 Å². The van der Waals surface area contributed by atoms with Crippen LogP contribution in [-0.4, -0.2) is 55.5 Å². The van der Waals surface area contributed by atoms with E-state index in [1.54, 1.807) is 29.2 Å². The Morgan fingerprint density at radius 1 is 1.11 bits per heavy atom. The molecule has 0 aromatic heterocycles. The second-order valence-electron chi connectivity index (χ2n) is 6.39. The highest BCUT2D eigenvalue weighted by atomic mass is 16.5. The summed E-state index contributed by atoms with van der Waals surface area (Å²) in [6, 6.07) is 6.82. The molecule has 1 aliphatic rings. The number of hydrogen-bond acceptors (Lipinski definition) is 6. The van der Waals surface area contributed by atoms with Gasteiger partial charge in [-0.3, -0.25) is 19.2 Å². The molecule has 1 aliphatic heterocycles. The number of likely N-dealkylation sites (tertiary alicyclic amines) is 1. The molecular weight excluding hydrogens is 352 g/mol. The number of nitrogens with one attached hydrogen (secondary N) is 1. The van der Waals surface area contributed by atoms with Crippen LogP contribution in [-0.2, 0) is 35.1 Å². The molecule has 8 heteroatoms. The Labute approximate surface area is 157 Å². The number of methoxy groups -OCH3 is 1. The van der Waals surface area contributed by atoms with Gasteiger partial charge < -0.3 is 19.7 Å². The second kappa shape index (κ2) is 9.70. The fraction of sp³-hybridized carbons (Fsp3) is 0.474. The van der Waals surface area contributed by atoms with Gasteiger partial charge in [0.15, 0.2) is 6.61 Å². The number of benzene rings is 1. The molecule has 2 rings (SSSR count). The van der Waals surface area contributed by atoms with Crippen molar-refractivity contribution in [3.8, 4) is 0 Å². The van der Waals surface area contributed by atoms with Crippen LogP contribution in [0.3, 0.4) is 0 Å². The summed E-state index contributed by atoms with van der Waals surface area (Å²) >= 11 is 0. The van der Waals surface area contributed by atoms with Gasteiger partial charge >= 0.3 is 11.9 Å². The number of piperidine rings is 1. The van der Waals surface area contributed by atoms with Crippen LogP contribution in [0.1, 0.15) is 25.3 Å². The highest BCUT2D eigenvalue weighted by molar-refractivity contribution is 5.88. The highest BCUT2D eigenvalue weighted by Gasteiger charge is 2.28. The topological polar surface area (TPSA) is 102 Å². The predicted molar refractivity (Wildman–Crippen MR) is 96.7 cm³/mol. The summed E-state index contributed by atoms with van der Waals surface area (Å²) < 4.78 is 9.77. The first-order valence-electron chi connectivity index (χ1n) is 8.76. The van der Waals surface area contributed by atoms with Crippen LogP contribution in [0.2, 0.25) is 0 Å². The number of esters is 2. The van der Waals surface area contributed by atoms with Crippen molar-refractivity contribution in [1.82, 2.24) is 4.90 Å². The number of anilines is 1. The number of carbonyl (C=O) groups is 4. The number of rotatable bonds is 6. The molecule has 146 valence electrons. The molecule has 1 aromatic rings. The monoisotopic (exact) mass is 376 g/mol. The largest absolute Gasteiger partial charge is 0.469 e. The summed E-state index contributed by atoms with van der Waals surface area (Å²) in [5, 5.41) is 2.64. The van der Waals surface area contributed by atoms with Gasteiger partial charge in [-0.05, 0) is 30.5 Å². The van der Waals surface area contributed by atoms with E-state index in [2.05, 4.69) is 5.32 Å². The van der Waals surface area contributed by atoms with Gasteiger partial charge in [-0.2, -0.15) is 0 Å². The van der Waals surface area contributed by atoms with E-state index in [-0.39, 0.29) is 36.7 Å². The van der Waals surface area contributed by atoms with Gasteiger partial charge in [0.05, 0.1) is 19.4 Å². The highest BCUT2D eigenvalue weighted by Crippen LogP contribution is 2.18. The van der Waals surface area contributed by atoms with E-state index in [0.29, 0.717) is 31.6 Å². The molecule has 1 heterocycles. The fourth-order valence-electron chi connectivity index (χ4n) is 2.89. The third-order valence-electron chi connectivity index (χ3n) is 4.36. The van der Waals surface area contributed by atoms with E-state index < -0.39 is 5.97 Å². The maximum atomic E-state index is 12.1. The predicted octanol–water partition coefficient (Wildman–Crippen LogP) is 1.14. The van der Waals surface area contributed by atoms with Crippen molar-refractivity contribution in [3.05, 3.63) is 29.8 Å². The van der Waals surface area contributed by atoms with E-state index in [1.165, 1.54) is 14.0 Å². The average Bonchev–Trinajstić information content (AvgIpc) is 2.66. The molecule has 0 aliphatic carbocycles. The normalized spacial score (nSPS) is 14.4. The number of amides is 2. The zero-order valence-corrected chi connectivity index (χ0v) is 15.5. The molecule has 1 fully saturated rings. The molecule has 0 spiro atoms. The van der Waals surface area contributed by atoms with Crippen LogP contribution >= 0.6 is 0 Å². The lowest BCUT2D eigenvalue weighted by Crippen LogP contribution is -2.42. The zero-order chi connectivity index (χ0) is 19.8. The zero-order valence-electron chi connectivity index (χ0n) is 15.5. The molecule has 27 heavy (non-hydrogen) atoms. The number of ether oxygens (including phenoxy) is 2. The van der Waals surface area contributed by atoms with Crippen LogP contribution in [0.15, 0.2) is 24.3 Å². The molecule has 0 atom stereocenters. The quantitative estimate of drug-likeness (QED) is 0.747. The maximum absolute atomic E-state index is 12.1. The summed E-state index contributed by atoms with van der Waals surface area (Å²) in [6.45, 7) is 1.99. The Morgan fingerprint density at radius 2 is 1.74 bits per heavy atom. The van der Waals surface area contributed by atoms with Crippen molar-refractivity contribution in [1.29, 1.82) is 0 Å². The Morgan fingerprint density at radius 3 is 2.30 bits per heavy atom. The first-order chi connectivity index (χ1) is 12.9. The van der Waals surface area contributed by atoms with E-state index in [9.17, 15) is 19.2 Å². The Balaban J connectivity index is 1.73. The molecule has 2 amide bonds. The lowest BCUT2D eigenvalue weighted by Gasteiger charge is -2.30. The van der Waals surface area contributed by atoms with Crippen molar-refractivity contribution in [3.63, 3.8) is 0 Å². The standard InChI is InChI=1S/C19H24N2O6/c1-13(22)20-16-5-3-14(4-6-16)11-18(24)27-12-17(23)21-9-7-15(8-10-21)19(25)26-2/h3-6,15H,7-12H2,1-2H3,(H,20,22). The van der Waals surface area contributed by atoms with Crippen molar-refractivity contribution < 1.29 is 28.7 Å². The van der Waals surface area contributed by atoms with Gasteiger partial charge in [-0.15, -0.1) is 0 Å². The van der Waals surface area contributed by atoms with Crippen molar-refractivity contribution in [2.24, 2.45) is 5.92 Å². The third kappa shape index (κ3) is 6.40. The molecule has 0 radical (unpaired) electrons. The summed E-state index contributed by atoms with van der Waals surface area (Å²) in [4.78, 5) is 48.1. The second-order valence-corrected chi connectivity index (χ2v) is 6.39. The van der Waals surface area contributed by atoms with Gasteiger partial charge in [0.2, 0.25) is 5.91 Å². The molecule has 1 N–H and O–H groups in total. The Bertz CT molecular complexity index is 693. The number of nitrogens with zero attached hydrogens (tertiary/aromatic N) is 1. The van der Waals surface area contributed by atoms with Crippen LogP contribution < -0.4 is 5.32 Å². The Hall–Kier alpha value is -2.90. The molecular formula is C19H24N2O6. The first kappa shape index (κ1) is 20.4. The van der Waals surface area contributed by atoms with Gasteiger partial charge in [-0.25, -0.2) is 0 Å². The van der Waals surface area contributed by atoms with Gasteiger partial charge in [-0.1, -0.05) is 12.1 Å². The average molecular weight is 376 g/mol. The van der Waals surface area contributed by atoms with Crippen LogP contribution in [0.5, 0.6) is 0 Å². The lowest BCUT2D eigenvalue weighted by molar-refractivity contribution is -0.153. The SMILES string of the molecule is COC(=O)C1CCN(C(=O)COC(=O)Cc2ccc(NC(C)=O)cc2)CC1. The van der Waals surface area contributed by atoms with Crippen LogP contribution in [0.4, 0.5) is 5.69 Å². The van der Waals surface area contributed by atoms with E-state index in [1.807, 2.05) is 0 Å². The molecule has 0 saturated carbocycles. The fourth-order valence-corrected chi connectivity index (χ4v) is 2.89. The van der Waals surface area contributed by atoms with E-state index in [0.717, 1.165) is 5.56 Å². The summed E-state index contributed by atoms with van der Waals surface area (Å²) in [7, 11) is 1.35. The summed E-state index contributed by atoms with van der Waals surface area (Å²) in [5.41, 5.74) is 1.37. The van der Waals surface area contributed by atoms with Gasteiger partial charge in [0.1, 0.15) is 0 Å². The molecule has 8 nitrogen and oxygen atoms in total. The minimum absolute atomic E-state index is 0.0397. The van der Waals surface area contributed by atoms with E-state index in [4.69, 9.17) is 9.47 Å². The Kier molecular flexibility index (Phi) is 7.34. The van der Waals surface area contributed by atoms with Crippen LogP contribution in [0, 0.1) is 5.92 Å².